The summed E-state index contributed by atoms with van der Waals surface area (Å²) in [6, 6.07) is 14.9. The van der Waals surface area contributed by atoms with Gasteiger partial charge in [-0.15, -0.1) is 0 Å². The second-order valence-electron chi connectivity index (χ2n) is 7.28. The number of allylic oxidation sites excluding steroid dienone is 1. The van der Waals surface area contributed by atoms with Gasteiger partial charge >= 0.3 is 0 Å². The van der Waals surface area contributed by atoms with Crippen LogP contribution in [-0.4, -0.2) is 45.8 Å². The Hall–Kier alpha value is -3.74. The number of nitrogens with one attached hydrogen (secondary N) is 1. The number of para-hydroxylation sites is 1. The largest absolute Gasteiger partial charge is 0.366 e. The smallest absolute Gasteiger partial charge is 0.253 e. The molecule has 3 aromatic rings. The van der Waals surface area contributed by atoms with Crippen molar-refractivity contribution in [3.8, 4) is 0 Å². The maximum Gasteiger partial charge on any atom is 0.253 e. The number of nitrogens with two attached hydrogens (primary N) is 1. The Morgan fingerprint density at radius 1 is 1.13 bits per heavy atom. The van der Waals surface area contributed by atoms with Crippen molar-refractivity contribution in [1.82, 2.24) is 14.9 Å². The SMILES string of the molecule is CC=C(C(N)=O)c1ccc(C(=O)N2CCC(Nc3ncc4ccccc4n3)C2)cc1. The molecule has 2 amide bonds. The van der Waals surface area contributed by atoms with Gasteiger partial charge in [0.25, 0.3) is 5.91 Å². The number of nitrogens with zero attached hydrogens (tertiary/aromatic N) is 3. The number of benzene rings is 2. The molecule has 152 valence electrons. The number of rotatable bonds is 5. The molecule has 1 aliphatic rings. The predicted molar refractivity (Wildman–Crippen MR) is 117 cm³/mol. The normalized spacial score (nSPS) is 16.6. The van der Waals surface area contributed by atoms with Crippen molar-refractivity contribution in [2.75, 3.05) is 18.4 Å². The predicted octanol–water partition coefficient (Wildman–Crippen LogP) is 2.85. The van der Waals surface area contributed by atoms with E-state index in [1.165, 1.54) is 0 Å². The Bertz CT molecular complexity index is 1120. The molecular weight excluding hydrogens is 378 g/mol. The average molecular weight is 401 g/mol. The standard InChI is InChI=1S/C23H23N5O2/c1-2-19(21(24)29)15-7-9-16(10-8-15)22(30)28-12-11-18(14-28)26-23-25-13-17-5-3-4-6-20(17)27-23/h2-10,13,18H,11-12,14H2,1H3,(H2,24,29)(H,25,26,27). The minimum absolute atomic E-state index is 0.0358. The van der Waals surface area contributed by atoms with Gasteiger partial charge in [-0.3, -0.25) is 9.59 Å². The molecular formula is C23H23N5O2. The summed E-state index contributed by atoms with van der Waals surface area (Å²) >= 11 is 0. The first-order valence-electron chi connectivity index (χ1n) is 9.89. The molecule has 1 saturated heterocycles. The van der Waals surface area contributed by atoms with Gasteiger partial charge in [0, 0.05) is 41.9 Å². The van der Waals surface area contributed by atoms with Crippen molar-refractivity contribution in [1.29, 1.82) is 0 Å². The fourth-order valence-electron chi connectivity index (χ4n) is 3.71. The van der Waals surface area contributed by atoms with Crippen LogP contribution in [0.3, 0.4) is 0 Å². The fraction of sp³-hybridized carbons (Fsp3) is 0.217. The number of amides is 2. The van der Waals surface area contributed by atoms with Crippen molar-refractivity contribution in [3.05, 3.63) is 71.9 Å². The zero-order chi connectivity index (χ0) is 21.1. The minimum atomic E-state index is -0.485. The number of hydrogen-bond donors (Lipinski definition) is 2. The first kappa shape index (κ1) is 19.6. The zero-order valence-electron chi connectivity index (χ0n) is 16.7. The lowest BCUT2D eigenvalue weighted by molar-refractivity contribution is -0.112. The van der Waals surface area contributed by atoms with Gasteiger partial charge in [-0.05, 0) is 37.1 Å². The van der Waals surface area contributed by atoms with E-state index in [1.807, 2.05) is 29.2 Å². The lowest BCUT2D eigenvalue weighted by Crippen LogP contribution is -2.31. The van der Waals surface area contributed by atoms with Gasteiger partial charge in [-0.2, -0.15) is 0 Å². The Kier molecular flexibility index (Phi) is 5.43. The van der Waals surface area contributed by atoms with Crippen LogP contribution in [0.15, 0.2) is 60.8 Å². The summed E-state index contributed by atoms with van der Waals surface area (Å²) in [5.74, 6) is 0.0509. The first-order chi connectivity index (χ1) is 14.5. The number of fused-ring (bicyclic) bond motifs is 1. The Labute approximate surface area is 174 Å². The molecule has 2 aromatic carbocycles. The third kappa shape index (κ3) is 4.00. The molecule has 0 aliphatic carbocycles. The van der Waals surface area contributed by atoms with Crippen molar-refractivity contribution >= 4 is 34.2 Å². The number of carbonyl (C=O) groups is 2. The van der Waals surface area contributed by atoms with Crippen molar-refractivity contribution in [2.45, 2.75) is 19.4 Å². The number of aromatic nitrogens is 2. The molecule has 1 unspecified atom stereocenters. The third-order valence-corrected chi connectivity index (χ3v) is 5.29. The van der Waals surface area contributed by atoms with E-state index in [-0.39, 0.29) is 11.9 Å². The number of carbonyl (C=O) groups excluding carboxylic acids is 2. The highest BCUT2D eigenvalue weighted by atomic mass is 16.2. The number of hydrogen-bond acceptors (Lipinski definition) is 5. The first-order valence-corrected chi connectivity index (χ1v) is 9.89. The molecule has 3 N–H and O–H groups in total. The summed E-state index contributed by atoms with van der Waals surface area (Å²) in [4.78, 5) is 35.1. The molecule has 2 heterocycles. The van der Waals surface area contributed by atoms with Crippen molar-refractivity contribution in [2.24, 2.45) is 5.73 Å². The van der Waals surface area contributed by atoms with E-state index in [0.717, 1.165) is 17.3 Å². The third-order valence-electron chi connectivity index (χ3n) is 5.29. The highest BCUT2D eigenvalue weighted by Crippen LogP contribution is 2.20. The molecule has 0 radical (unpaired) electrons. The number of primary amides is 1. The van der Waals surface area contributed by atoms with Gasteiger partial charge in [0.05, 0.1) is 5.52 Å². The van der Waals surface area contributed by atoms with Gasteiger partial charge in [-0.25, -0.2) is 9.97 Å². The van der Waals surface area contributed by atoms with E-state index in [1.54, 1.807) is 43.5 Å². The summed E-state index contributed by atoms with van der Waals surface area (Å²) in [7, 11) is 0. The highest BCUT2D eigenvalue weighted by molar-refractivity contribution is 6.18. The van der Waals surface area contributed by atoms with Crippen LogP contribution >= 0.6 is 0 Å². The zero-order valence-corrected chi connectivity index (χ0v) is 16.7. The summed E-state index contributed by atoms with van der Waals surface area (Å²) in [6.07, 6.45) is 4.30. The summed E-state index contributed by atoms with van der Waals surface area (Å²) in [5, 5.41) is 4.33. The van der Waals surface area contributed by atoms with Gasteiger partial charge in [-0.1, -0.05) is 36.4 Å². The molecule has 0 spiro atoms. The monoisotopic (exact) mass is 401 g/mol. The van der Waals surface area contributed by atoms with Gasteiger partial charge < -0.3 is 16.0 Å². The Balaban J connectivity index is 1.41. The van der Waals surface area contributed by atoms with E-state index in [0.29, 0.717) is 35.7 Å². The van der Waals surface area contributed by atoms with Crippen molar-refractivity contribution < 1.29 is 9.59 Å². The topological polar surface area (TPSA) is 101 Å². The van der Waals surface area contributed by atoms with E-state index in [2.05, 4.69) is 15.3 Å². The molecule has 7 heteroatoms. The maximum atomic E-state index is 12.9. The van der Waals surface area contributed by atoms with Crippen LogP contribution in [0.4, 0.5) is 5.95 Å². The molecule has 1 fully saturated rings. The number of anilines is 1. The quantitative estimate of drug-likeness (QED) is 0.640. The van der Waals surface area contributed by atoms with Crippen LogP contribution in [0, 0.1) is 0 Å². The van der Waals surface area contributed by atoms with Crippen LogP contribution in [-0.2, 0) is 4.79 Å². The molecule has 0 bridgehead atoms. The maximum absolute atomic E-state index is 12.9. The van der Waals surface area contributed by atoms with Gasteiger partial charge in [0.2, 0.25) is 11.9 Å². The summed E-state index contributed by atoms with van der Waals surface area (Å²) in [6.45, 7) is 3.00. The molecule has 30 heavy (non-hydrogen) atoms. The lowest BCUT2D eigenvalue weighted by Gasteiger charge is -2.17. The second-order valence-corrected chi connectivity index (χ2v) is 7.28. The fourth-order valence-corrected chi connectivity index (χ4v) is 3.71. The van der Waals surface area contributed by atoms with Crippen LogP contribution in [0.2, 0.25) is 0 Å². The van der Waals surface area contributed by atoms with E-state index < -0.39 is 5.91 Å². The van der Waals surface area contributed by atoms with Gasteiger partial charge in [0.15, 0.2) is 0 Å². The van der Waals surface area contributed by atoms with Crippen molar-refractivity contribution in [3.63, 3.8) is 0 Å². The Morgan fingerprint density at radius 3 is 2.60 bits per heavy atom. The molecule has 4 rings (SSSR count). The second kappa shape index (κ2) is 8.32. The lowest BCUT2D eigenvalue weighted by atomic mass is 10.0. The number of likely N-dealkylation sites (tertiary alicyclic amines) is 1. The van der Waals surface area contributed by atoms with E-state index in [9.17, 15) is 9.59 Å². The molecule has 1 aromatic heterocycles. The molecule has 7 nitrogen and oxygen atoms in total. The molecule has 1 aliphatic heterocycles. The van der Waals surface area contributed by atoms with Crippen LogP contribution in [0.25, 0.3) is 16.5 Å². The average Bonchev–Trinajstić information content (AvgIpc) is 3.22. The Morgan fingerprint density at radius 2 is 1.87 bits per heavy atom. The minimum Gasteiger partial charge on any atom is -0.366 e. The van der Waals surface area contributed by atoms with Crippen LogP contribution in [0.5, 0.6) is 0 Å². The summed E-state index contributed by atoms with van der Waals surface area (Å²) < 4.78 is 0. The molecule has 0 saturated carbocycles. The van der Waals surface area contributed by atoms with Crippen LogP contribution in [0.1, 0.15) is 29.3 Å². The highest BCUT2D eigenvalue weighted by Gasteiger charge is 2.27. The van der Waals surface area contributed by atoms with Crippen LogP contribution < -0.4 is 11.1 Å². The summed E-state index contributed by atoms with van der Waals surface area (Å²) in [5.41, 5.74) is 8.00. The van der Waals surface area contributed by atoms with E-state index >= 15 is 0 Å². The molecule has 1 atom stereocenters. The van der Waals surface area contributed by atoms with E-state index in [4.69, 9.17) is 5.73 Å². The van der Waals surface area contributed by atoms with Gasteiger partial charge in [0.1, 0.15) is 0 Å².